The Balaban J connectivity index is 2.19. The van der Waals surface area contributed by atoms with E-state index in [0.29, 0.717) is 10.0 Å². The van der Waals surface area contributed by atoms with Gasteiger partial charge in [0.25, 0.3) is 0 Å². The second-order valence-electron chi connectivity index (χ2n) is 3.97. The number of hydrogen-bond acceptors (Lipinski definition) is 0. The van der Waals surface area contributed by atoms with E-state index in [4.69, 9.17) is 34.8 Å². The maximum Gasteiger partial charge on any atom is 0.0464 e. The van der Waals surface area contributed by atoms with Crippen LogP contribution < -0.4 is 0 Å². The fourth-order valence-corrected chi connectivity index (χ4v) is 3.39. The maximum atomic E-state index is 6.18. The summed E-state index contributed by atoms with van der Waals surface area (Å²) in [5.74, 6) is 0. The molecule has 1 atom stereocenters. The molecule has 0 bridgehead atoms. The standard InChI is InChI=1S/C14H10BrCl3/c15-13(7-9-2-1-3-10(16)6-9)12-5-4-11(17)8-14(12)18/h1-6,8,13H,7H2. The van der Waals surface area contributed by atoms with Crippen LogP contribution >= 0.6 is 50.7 Å². The van der Waals surface area contributed by atoms with E-state index < -0.39 is 0 Å². The number of hydrogen-bond donors (Lipinski definition) is 0. The van der Waals surface area contributed by atoms with Gasteiger partial charge in [0, 0.05) is 19.9 Å². The fourth-order valence-electron chi connectivity index (χ4n) is 1.74. The van der Waals surface area contributed by atoms with E-state index in [-0.39, 0.29) is 4.83 Å². The second-order valence-corrected chi connectivity index (χ2v) is 6.35. The van der Waals surface area contributed by atoms with Gasteiger partial charge in [-0.05, 0) is 41.8 Å². The van der Waals surface area contributed by atoms with E-state index in [2.05, 4.69) is 15.9 Å². The highest BCUT2D eigenvalue weighted by Gasteiger charge is 2.12. The van der Waals surface area contributed by atoms with Gasteiger partial charge >= 0.3 is 0 Å². The topological polar surface area (TPSA) is 0 Å². The van der Waals surface area contributed by atoms with Crippen LogP contribution in [0.5, 0.6) is 0 Å². The average Bonchev–Trinajstić information content (AvgIpc) is 2.28. The molecule has 0 saturated carbocycles. The molecular weight excluding hydrogens is 354 g/mol. The van der Waals surface area contributed by atoms with Crippen LogP contribution in [0.4, 0.5) is 0 Å². The average molecular weight is 364 g/mol. The lowest BCUT2D eigenvalue weighted by atomic mass is 10.0. The number of benzene rings is 2. The van der Waals surface area contributed by atoms with Crippen molar-refractivity contribution in [1.29, 1.82) is 0 Å². The summed E-state index contributed by atoms with van der Waals surface area (Å²) in [6, 6.07) is 13.3. The van der Waals surface area contributed by atoms with Crippen LogP contribution in [0.1, 0.15) is 16.0 Å². The van der Waals surface area contributed by atoms with Crippen molar-refractivity contribution in [3.05, 3.63) is 68.7 Å². The predicted octanol–water partition coefficient (Wildman–Crippen LogP) is 6.33. The van der Waals surface area contributed by atoms with E-state index in [1.165, 1.54) is 0 Å². The zero-order valence-electron chi connectivity index (χ0n) is 9.34. The van der Waals surface area contributed by atoms with E-state index in [9.17, 15) is 0 Å². The Kier molecular flexibility index (Phi) is 4.97. The third-order valence-corrected chi connectivity index (χ3v) is 4.22. The number of halogens is 4. The summed E-state index contributed by atoms with van der Waals surface area (Å²) in [6.45, 7) is 0. The minimum atomic E-state index is 0.140. The molecule has 4 heteroatoms. The molecule has 0 fully saturated rings. The molecule has 0 heterocycles. The molecule has 0 aromatic heterocycles. The molecule has 94 valence electrons. The Bertz CT molecular complexity index is 554. The molecule has 0 radical (unpaired) electrons. The summed E-state index contributed by atoms with van der Waals surface area (Å²) in [4.78, 5) is 0.140. The van der Waals surface area contributed by atoms with Gasteiger partial charge in [0.1, 0.15) is 0 Å². The molecule has 2 aromatic carbocycles. The lowest BCUT2D eigenvalue weighted by Gasteiger charge is -2.12. The van der Waals surface area contributed by atoms with E-state index in [0.717, 1.165) is 22.6 Å². The van der Waals surface area contributed by atoms with Gasteiger partial charge in [0.15, 0.2) is 0 Å². The number of alkyl halides is 1. The first-order valence-electron chi connectivity index (χ1n) is 5.40. The van der Waals surface area contributed by atoms with Gasteiger partial charge in [0.05, 0.1) is 0 Å². The predicted molar refractivity (Wildman–Crippen MR) is 83.3 cm³/mol. The van der Waals surface area contributed by atoms with Crippen LogP contribution in [0.2, 0.25) is 15.1 Å². The third kappa shape index (κ3) is 3.64. The van der Waals surface area contributed by atoms with Crippen molar-refractivity contribution in [2.75, 3.05) is 0 Å². The second kappa shape index (κ2) is 6.29. The molecule has 0 aliphatic rings. The minimum Gasteiger partial charge on any atom is -0.0843 e. The van der Waals surface area contributed by atoms with E-state index in [1.54, 1.807) is 6.07 Å². The zero-order chi connectivity index (χ0) is 13.1. The lowest BCUT2D eigenvalue weighted by Crippen LogP contribution is -1.96. The summed E-state index contributed by atoms with van der Waals surface area (Å²) in [7, 11) is 0. The Hall–Kier alpha value is -0.210. The SMILES string of the molecule is Clc1cccc(CC(Br)c2ccc(Cl)cc2Cl)c1. The van der Waals surface area contributed by atoms with Crippen LogP contribution in [-0.2, 0) is 6.42 Å². The largest absolute Gasteiger partial charge is 0.0843 e. The minimum absolute atomic E-state index is 0.140. The van der Waals surface area contributed by atoms with Crippen molar-refractivity contribution in [1.82, 2.24) is 0 Å². The lowest BCUT2D eigenvalue weighted by molar-refractivity contribution is 0.949. The van der Waals surface area contributed by atoms with E-state index >= 15 is 0 Å². The van der Waals surface area contributed by atoms with Crippen LogP contribution in [0.15, 0.2) is 42.5 Å². The van der Waals surface area contributed by atoms with Gasteiger partial charge in [-0.15, -0.1) is 0 Å². The molecule has 0 nitrogen and oxygen atoms in total. The fraction of sp³-hybridized carbons (Fsp3) is 0.143. The van der Waals surface area contributed by atoms with Crippen molar-refractivity contribution in [2.45, 2.75) is 11.2 Å². The molecular formula is C14H10BrCl3. The summed E-state index contributed by atoms with van der Waals surface area (Å²) in [5, 5.41) is 2.06. The summed E-state index contributed by atoms with van der Waals surface area (Å²) in [6.07, 6.45) is 0.821. The first-order valence-corrected chi connectivity index (χ1v) is 7.44. The van der Waals surface area contributed by atoms with Crippen LogP contribution in [0.25, 0.3) is 0 Å². The smallest absolute Gasteiger partial charge is 0.0464 e. The highest BCUT2D eigenvalue weighted by Crippen LogP contribution is 2.34. The quantitative estimate of drug-likeness (QED) is 0.559. The Morgan fingerprint density at radius 1 is 0.944 bits per heavy atom. The molecule has 0 amide bonds. The molecule has 2 rings (SSSR count). The maximum absolute atomic E-state index is 6.18. The van der Waals surface area contributed by atoms with Crippen LogP contribution in [0, 0.1) is 0 Å². The van der Waals surface area contributed by atoms with Gasteiger partial charge in [-0.2, -0.15) is 0 Å². The molecule has 0 saturated heterocycles. The van der Waals surface area contributed by atoms with Gasteiger partial charge in [-0.1, -0.05) is 68.9 Å². The third-order valence-electron chi connectivity index (χ3n) is 2.60. The summed E-state index contributed by atoms with van der Waals surface area (Å²) >= 11 is 21.7. The first-order chi connectivity index (χ1) is 8.56. The Labute approximate surface area is 130 Å². The van der Waals surface area contributed by atoms with Crippen molar-refractivity contribution < 1.29 is 0 Å². The normalized spacial score (nSPS) is 12.4. The molecule has 0 aliphatic carbocycles. The molecule has 0 aliphatic heterocycles. The van der Waals surface area contributed by atoms with E-state index in [1.807, 2.05) is 36.4 Å². The van der Waals surface area contributed by atoms with Gasteiger partial charge < -0.3 is 0 Å². The van der Waals surface area contributed by atoms with Gasteiger partial charge in [-0.25, -0.2) is 0 Å². The van der Waals surface area contributed by atoms with Crippen molar-refractivity contribution >= 4 is 50.7 Å². The molecule has 0 N–H and O–H groups in total. The highest BCUT2D eigenvalue weighted by molar-refractivity contribution is 9.09. The highest BCUT2D eigenvalue weighted by atomic mass is 79.9. The molecule has 0 spiro atoms. The van der Waals surface area contributed by atoms with Crippen molar-refractivity contribution in [3.8, 4) is 0 Å². The van der Waals surface area contributed by atoms with Gasteiger partial charge in [0.2, 0.25) is 0 Å². The van der Waals surface area contributed by atoms with Crippen LogP contribution in [-0.4, -0.2) is 0 Å². The Morgan fingerprint density at radius 2 is 1.67 bits per heavy atom. The van der Waals surface area contributed by atoms with Crippen molar-refractivity contribution in [2.24, 2.45) is 0 Å². The summed E-state index contributed by atoms with van der Waals surface area (Å²) in [5.41, 5.74) is 2.19. The van der Waals surface area contributed by atoms with Gasteiger partial charge in [-0.3, -0.25) is 0 Å². The van der Waals surface area contributed by atoms with Crippen molar-refractivity contribution in [3.63, 3.8) is 0 Å². The monoisotopic (exact) mass is 362 g/mol. The molecule has 1 unspecified atom stereocenters. The van der Waals surface area contributed by atoms with Crippen LogP contribution in [0.3, 0.4) is 0 Å². The summed E-state index contributed by atoms with van der Waals surface area (Å²) < 4.78 is 0. The molecule has 18 heavy (non-hydrogen) atoms. The zero-order valence-corrected chi connectivity index (χ0v) is 13.2. The first kappa shape index (κ1) is 14.2. The molecule has 2 aromatic rings. The number of rotatable bonds is 3. The Morgan fingerprint density at radius 3 is 2.33 bits per heavy atom.